The number of halogens is 1. The minimum atomic E-state index is -0.688. The monoisotopic (exact) mass is 484 g/mol. The second-order valence-electron chi connectivity index (χ2n) is 8.02. The van der Waals surface area contributed by atoms with Gasteiger partial charge in [0.2, 0.25) is 17.8 Å². The highest BCUT2D eigenvalue weighted by Gasteiger charge is 2.36. The largest absolute Gasteiger partial charge is 0.347 e. The lowest BCUT2D eigenvalue weighted by atomic mass is 9.95. The predicted molar refractivity (Wildman–Crippen MR) is 128 cm³/mol. The molecule has 2 heterocycles. The lowest BCUT2D eigenvalue weighted by Gasteiger charge is -2.34. The van der Waals surface area contributed by atoms with Gasteiger partial charge in [-0.05, 0) is 42.3 Å². The van der Waals surface area contributed by atoms with Crippen LogP contribution in [0, 0.1) is 22.7 Å². The number of hydrogen-bond acceptors (Lipinski definition) is 7. The van der Waals surface area contributed by atoms with Gasteiger partial charge < -0.3 is 5.32 Å². The predicted octanol–water partition coefficient (Wildman–Crippen LogP) is 3.23. The number of amides is 2. The molecule has 0 spiro atoms. The van der Waals surface area contributed by atoms with Gasteiger partial charge in [0.1, 0.15) is 12.7 Å². The number of fused-ring (bicyclic) bond motifs is 1. The second-order valence-corrected chi connectivity index (χ2v) is 8.02. The number of aromatic nitrogens is 3. The lowest BCUT2D eigenvalue weighted by Crippen LogP contribution is -2.31. The highest BCUT2D eigenvalue weighted by molar-refractivity contribution is 5.93. The first kappa shape index (κ1) is 24.1. The molecule has 2 amide bonds. The standard InChI is InChI=1S/C25H21FN8O2/c1-15-21(13-28)23(19-8-6-17(12-27)7-9-19)34-25(33(15)20-5-3-4-18(10-20)11-26)31-24(32-34)30-22(36)14-29-16(2)35/h3-10,23H,11,14H2,1-2H3,(H,29,35)(H,30,32,36)/t23-/m1/s1. The van der Waals surface area contributed by atoms with Crippen molar-refractivity contribution in [1.82, 2.24) is 20.1 Å². The molecule has 1 aliphatic rings. The number of carbonyl (C=O) groups is 2. The van der Waals surface area contributed by atoms with Crippen molar-refractivity contribution < 1.29 is 14.0 Å². The number of nitrogens with zero attached hydrogens (tertiary/aromatic N) is 6. The summed E-state index contributed by atoms with van der Waals surface area (Å²) >= 11 is 0. The van der Waals surface area contributed by atoms with Gasteiger partial charge in [-0.2, -0.15) is 15.5 Å². The molecule has 2 aromatic carbocycles. The van der Waals surface area contributed by atoms with E-state index < -0.39 is 18.6 Å². The van der Waals surface area contributed by atoms with E-state index in [-0.39, 0.29) is 18.4 Å². The Bertz CT molecular complexity index is 1450. The summed E-state index contributed by atoms with van der Waals surface area (Å²) in [7, 11) is 0. The van der Waals surface area contributed by atoms with Crippen molar-refractivity contribution in [2.75, 3.05) is 16.8 Å². The summed E-state index contributed by atoms with van der Waals surface area (Å²) in [6.07, 6.45) is 0. The molecule has 0 saturated heterocycles. The van der Waals surface area contributed by atoms with Gasteiger partial charge in [-0.15, -0.1) is 5.10 Å². The van der Waals surface area contributed by atoms with Crippen LogP contribution in [0.4, 0.5) is 22.0 Å². The smallest absolute Gasteiger partial charge is 0.250 e. The molecule has 0 saturated carbocycles. The number of alkyl halides is 1. The van der Waals surface area contributed by atoms with Crippen LogP contribution in [0.25, 0.3) is 0 Å². The highest BCUT2D eigenvalue weighted by Crippen LogP contribution is 2.42. The zero-order chi connectivity index (χ0) is 25.8. The van der Waals surface area contributed by atoms with Crippen molar-refractivity contribution >= 4 is 29.4 Å². The van der Waals surface area contributed by atoms with E-state index in [9.17, 15) is 19.2 Å². The molecular formula is C25H21FN8O2. The molecule has 0 unspecified atom stereocenters. The first-order chi connectivity index (χ1) is 17.4. The molecule has 36 heavy (non-hydrogen) atoms. The fourth-order valence-corrected chi connectivity index (χ4v) is 3.94. The van der Waals surface area contributed by atoms with E-state index in [0.29, 0.717) is 39.6 Å². The van der Waals surface area contributed by atoms with E-state index in [4.69, 9.17) is 5.26 Å². The van der Waals surface area contributed by atoms with Crippen molar-refractivity contribution in [3.05, 3.63) is 76.5 Å². The number of rotatable bonds is 6. The van der Waals surface area contributed by atoms with Crippen LogP contribution in [0.3, 0.4) is 0 Å². The average molecular weight is 484 g/mol. The Morgan fingerprint density at radius 2 is 1.89 bits per heavy atom. The molecule has 10 nitrogen and oxygen atoms in total. The molecule has 2 N–H and O–H groups in total. The molecule has 4 rings (SSSR count). The van der Waals surface area contributed by atoms with Crippen LogP contribution in [-0.2, 0) is 16.3 Å². The van der Waals surface area contributed by atoms with E-state index >= 15 is 0 Å². The first-order valence-electron chi connectivity index (χ1n) is 10.9. The molecule has 3 aromatic rings. The van der Waals surface area contributed by atoms with Gasteiger partial charge in [0.25, 0.3) is 5.95 Å². The number of carbonyl (C=O) groups excluding carboxylic acids is 2. The summed E-state index contributed by atoms with van der Waals surface area (Å²) in [6, 6.07) is 17.1. The van der Waals surface area contributed by atoms with Gasteiger partial charge in [0, 0.05) is 18.3 Å². The van der Waals surface area contributed by atoms with Gasteiger partial charge in [-0.25, -0.2) is 9.07 Å². The minimum Gasteiger partial charge on any atom is -0.347 e. The Labute approximate surface area is 206 Å². The van der Waals surface area contributed by atoms with Crippen LogP contribution in [0.2, 0.25) is 0 Å². The quantitative estimate of drug-likeness (QED) is 0.547. The normalized spacial score (nSPS) is 14.5. The van der Waals surface area contributed by atoms with Gasteiger partial charge >= 0.3 is 0 Å². The van der Waals surface area contributed by atoms with E-state index in [0.717, 1.165) is 0 Å². The molecule has 1 aliphatic heterocycles. The van der Waals surface area contributed by atoms with Crippen molar-refractivity contribution in [2.24, 2.45) is 0 Å². The van der Waals surface area contributed by atoms with Gasteiger partial charge in [0.15, 0.2) is 0 Å². The summed E-state index contributed by atoms with van der Waals surface area (Å²) in [4.78, 5) is 29.6. The highest BCUT2D eigenvalue weighted by atomic mass is 19.1. The zero-order valence-electron chi connectivity index (χ0n) is 19.5. The summed E-state index contributed by atoms with van der Waals surface area (Å²) in [5, 5.41) is 28.7. The molecule has 180 valence electrons. The maximum atomic E-state index is 13.4. The maximum absolute atomic E-state index is 13.4. The van der Waals surface area contributed by atoms with Crippen molar-refractivity contribution in [2.45, 2.75) is 26.6 Å². The third-order valence-electron chi connectivity index (χ3n) is 5.60. The maximum Gasteiger partial charge on any atom is 0.250 e. The number of anilines is 3. The number of nitrogens with one attached hydrogen (secondary N) is 2. The van der Waals surface area contributed by atoms with Crippen molar-refractivity contribution in [3.63, 3.8) is 0 Å². The third-order valence-corrected chi connectivity index (χ3v) is 5.60. The summed E-state index contributed by atoms with van der Waals surface area (Å²) in [6.45, 7) is 2.12. The van der Waals surface area contributed by atoms with E-state index in [1.165, 1.54) is 11.6 Å². The number of allylic oxidation sites excluding steroid dienone is 2. The first-order valence-corrected chi connectivity index (χ1v) is 10.9. The van der Waals surface area contributed by atoms with Gasteiger partial charge in [0.05, 0.1) is 29.8 Å². The van der Waals surface area contributed by atoms with E-state index in [2.05, 4.69) is 32.9 Å². The van der Waals surface area contributed by atoms with Crippen LogP contribution < -0.4 is 15.5 Å². The summed E-state index contributed by atoms with van der Waals surface area (Å²) in [5.74, 6) is -0.621. The fourth-order valence-electron chi connectivity index (χ4n) is 3.94. The average Bonchev–Trinajstić information content (AvgIpc) is 3.29. The lowest BCUT2D eigenvalue weighted by molar-refractivity contribution is -0.122. The van der Waals surface area contributed by atoms with Crippen LogP contribution in [0.1, 0.15) is 36.6 Å². The van der Waals surface area contributed by atoms with Gasteiger partial charge in [-0.1, -0.05) is 24.3 Å². The van der Waals surface area contributed by atoms with Crippen LogP contribution in [0.15, 0.2) is 59.8 Å². The Morgan fingerprint density at radius 1 is 1.14 bits per heavy atom. The van der Waals surface area contributed by atoms with Crippen molar-refractivity contribution in [3.8, 4) is 12.1 Å². The number of benzene rings is 2. The molecule has 0 aliphatic carbocycles. The van der Waals surface area contributed by atoms with Crippen LogP contribution >= 0.6 is 0 Å². The molecule has 11 heteroatoms. The zero-order valence-corrected chi connectivity index (χ0v) is 19.5. The van der Waals surface area contributed by atoms with Gasteiger partial charge in [-0.3, -0.25) is 19.8 Å². The minimum absolute atomic E-state index is 0.0300. The summed E-state index contributed by atoms with van der Waals surface area (Å²) < 4.78 is 14.9. The Hall–Kier alpha value is -5.03. The molecule has 1 aromatic heterocycles. The molecular weight excluding hydrogens is 463 g/mol. The molecule has 1 atom stereocenters. The summed E-state index contributed by atoms with van der Waals surface area (Å²) in [5.41, 5.74) is 3.08. The Morgan fingerprint density at radius 3 is 2.53 bits per heavy atom. The fraction of sp³-hybridized carbons (Fsp3) is 0.200. The number of nitriles is 2. The topological polar surface area (TPSA) is 140 Å². The second kappa shape index (κ2) is 10.1. The van der Waals surface area contributed by atoms with E-state index in [1.807, 2.05) is 0 Å². The van der Waals surface area contributed by atoms with Crippen LogP contribution in [0.5, 0.6) is 0 Å². The Kier molecular flexibility index (Phi) is 6.75. The SMILES string of the molecule is CC(=O)NCC(=O)Nc1nc2n(n1)[C@H](c1ccc(C#N)cc1)C(C#N)=C(C)N2c1cccc(CF)c1. The molecule has 0 fully saturated rings. The Balaban J connectivity index is 1.85. The van der Waals surface area contributed by atoms with Crippen LogP contribution in [-0.4, -0.2) is 33.1 Å². The van der Waals surface area contributed by atoms with Crippen molar-refractivity contribution in [1.29, 1.82) is 10.5 Å². The third kappa shape index (κ3) is 4.63. The molecule has 0 bridgehead atoms. The molecule has 0 radical (unpaired) electrons. The number of hydrogen-bond donors (Lipinski definition) is 2. The van der Waals surface area contributed by atoms with E-state index in [1.54, 1.807) is 60.4 Å².